The standard InChI is InChI=1S/C34H58O2/c1-3-5-7-8-10-13-30-15-17-31(18-16-30)14-11-27-35-33-23-25-34(26-24-33)36-28-32-21-19-29(20-22-32)12-9-6-4-2/h23-26,29-32H,3-22,27-28H2,1-2H3/t29-,30-,31-,32-. The predicted molar refractivity (Wildman–Crippen MR) is 155 cm³/mol. The highest BCUT2D eigenvalue weighted by atomic mass is 16.5. The molecule has 1 aromatic rings. The smallest absolute Gasteiger partial charge is 0.119 e. The fourth-order valence-corrected chi connectivity index (χ4v) is 6.62. The number of rotatable bonds is 18. The molecule has 0 heterocycles. The van der Waals surface area contributed by atoms with Crippen molar-refractivity contribution in [1.29, 1.82) is 0 Å². The van der Waals surface area contributed by atoms with Gasteiger partial charge in [0.2, 0.25) is 0 Å². The zero-order chi connectivity index (χ0) is 25.3. The molecule has 0 amide bonds. The van der Waals surface area contributed by atoms with Gasteiger partial charge in [-0.15, -0.1) is 0 Å². The van der Waals surface area contributed by atoms with Gasteiger partial charge in [-0.1, -0.05) is 117 Å². The number of ether oxygens (including phenoxy) is 2. The van der Waals surface area contributed by atoms with E-state index in [4.69, 9.17) is 9.47 Å². The second-order valence-electron chi connectivity index (χ2n) is 12.2. The van der Waals surface area contributed by atoms with E-state index in [0.717, 1.165) is 48.4 Å². The van der Waals surface area contributed by atoms with Gasteiger partial charge in [0.25, 0.3) is 0 Å². The third-order valence-electron chi connectivity index (χ3n) is 9.20. The van der Waals surface area contributed by atoms with Gasteiger partial charge >= 0.3 is 0 Å². The topological polar surface area (TPSA) is 18.5 Å². The lowest BCUT2D eigenvalue weighted by Gasteiger charge is -2.28. The van der Waals surface area contributed by atoms with E-state index in [1.54, 1.807) is 0 Å². The molecular weight excluding hydrogens is 440 g/mol. The van der Waals surface area contributed by atoms with Crippen molar-refractivity contribution in [2.24, 2.45) is 23.7 Å². The van der Waals surface area contributed by atoms with E-state index in [1.165, 1.54) is 128 Å². The van der Waals surface area contributed by atoms with Crippen LogP contribution in [-0.4, -0.2) is 13.2 Å². The fourth-order valence-electron chi connectivity index (χ4n) is 6.62. The summed E-state index contributed by atoms with van der Waals surface area (Å²) in [5.41, 5.74) is 0. The molecule has 0 spiro atoms. The largest absolute Gasteiger partial charge is 0.494 e. The molecule has 1 aromatic carbocycles. The summed E-state index contributed by atoms with van der Waals surface area (Å²) in [5.74, 6) is 5.66. The Bertz CT molecular complexity index is 638. The van der Waals surface area contributed by atoms with Crippen LogP contribution in [0.2, 0.25) is 0 Å². The molecule has 2 nitrogen and oxygen atoms in total. The lowest BCUT2D eigenvalue weighted by atomic mass is 9.78. The number of hydrogen-bond acceptors (Lipinski definition) is 2. The Morgan fingerprint density at radius 3 is 1.47 bits per heavy atom. The summed E-state index contributed by atoms with van der Waals surface area (Å²) in [4.78, 5) is 0. The summed E-state index contributed by atoms with van der Waals surface area (Å²) in [6.07, 6.45) is 28.1. The van der Waals surface area contributed by atoms with E-state index in [9.17, 15) is 0 Å². The Morgan fingerprint density at radius 2 is 0.917 bits per heavy atom. The molecule has 0 radical (unpaired) electrons. The van der Waals surface area contributed by atoms with Crippen molar-refractivity contribution < 1.29 is 9.47 Å². The molecule has 0 bridgehead atoms. The predicted octanol–water partition coefficient (Wildman–Crippen LogP) is 10.8. The molecule has 2 aliphatic carbocycles. The minimum absolute atomic E-state index is 0.740. The highest BCUT2D eigenvalue weighted by molar-refractivity contribution is 5.31. The fraction of sp³-hybridized carbons (Fsp3) is 0.824. The van der Waals surface area contributed by atoms with Gasteiger partial charge in [-0.2, -0.15) is 0 Å². The quantitative estimate of drug-likeness (QED) is 0.187. The molecule has 0 saturated heterocycles. The first-order valence-electron chi connectivity index (χ1n) is 16.1. The van der Waals surface area contributed by atoms with Crippen LogP contribution >= 0.6 is 0 Å². The first-order chi connectivity index (χ1) is 17.8. The van der Waals surface area contributed by atoms with Crippen LogP contribution in [0.3, 0.4) is 0 Å². The zero-order valence-corrected chi connectivity index (χ0v) is 24.0. The maximum absolute atomic E-state index is 6.13. The SMILES string of the molecule is CCCCCCC[C@H]1CC[C@H](CCCOc2ccc(OC[C@H]3CC[C@H](CCCCC)CC3)cc2)CC1. The van der Waals surface area contributed by atoms with Crippen LogP contribution < -0.4 is 9.47 Å². The van der Waals surface area contributed by atoms with Gasteiger partial charge < -0.3 is 9.47 Å². The Kier molecular flexibility index (Phi) is 14.8. The van der Waals surface area contributed by atoms with Gasteiger partial charge in [0.15, 0.2) is 0 Å². The summed E-state index contributed by atoms with van der Waals surface area (Å²) in [6, 6.07) is 8.36. The van der Waals surface area contributed by atoms with Crippen molar-refractivity contribution in [1.82, 2.24) is 0 Å². The monoisotopic (exact) mass is 498 g/mol. The van der Waals surface area contributed by atoms with E-state index in [1.807, 2.05) is 0 Å². The van der Waals surface area contributed by atoms with Gasteiger partial charge in [0.05, 0.1) is 13.2 Å². The van der Waals surface area contributed by atoms with Gasteiger partial charge in [-0.25, -0.2) is 0 Å². The molecule has 2 aliphatic rings. The molecule has 0 unspecified atom stereocenters. The van der Waals surface area contributed by atoms with Crippen molar-refractivity contribution in [3.63, 3.8) is 0 Å². The second-order valence-corrected chi connectivity index (χ2v) is 12.2. The Morgan fingerprint density at radius 1 is 0.500 bits per heavy atom. The maximum atomic E-state index is 6.13. The first-order valence-corrected chi connectivity index (χ1v) is 16.1. The second kappa shape index (κ2) is 18.1. The van der Waals surface area contributed by atoms with Crippen molar-refractivity contribution in [3.8, 4) is 11.5 Å². The molecule has 206 valence electrons. The molecule has 2 saturated carbocycles. The van der Waals surface area contributed by atoms with Crippen molar-refractivity contribution in [2.75, 3.05) is 13.2 Å². The summed E-state index contributed by atoms with van der Waals surface area (Å²) in [7, 11) is 0. The normalized spacial score (nSPS) is 24.5. The van der Waals surface area contributed by atoms with E-state index >= 15 is 0 Å². The minimum Gasteiger partial charge on any atom is -0.494 e. The molecular formula is C34H58O2. The van der Waals surface area contributed by atoms with E-state index in [-0.39, 0.29) is 0 Å². The minimum atomic E-state index is 0.740. The molecule has 3 rings (SSSR count). The molecule has 2 heteroatoms. The van der Waals surface area contributed by atoms with Crippen LogP contribution in [0.4, 0.5) is 0 Å². The third-order valence-corrected chi connectivity index (χ3v) is 9.20. The first kappa shape index (κ1) is 29.4. The van der Waals surface area contributed by atoms with Crippen LogP contribution in [0.25, 0.3) is 0 Å². The van der Waals surface area contributed by atoms with E-state index < -0.39 is 0 Å². The lowest BCUT2D eigenvalue weighted by molar-refractivity contribution is 0.177. The van der Waals surface area contributed by atoms with Crippen LogP contribution in [0, 0.1) is 23.7 Å². The van der Waals surface area contributed by atoms with Crippen LogP contribution in [0.1, 0.15) is 142 Å². The molecule has 0 aliphatic heterocycles. The van der Waals surface area contributed by atoms with Crippen molar-refractivity contribution in [2.45, 2.75) is 142 Å². The number of benzene rings is 1. The van der Waals surface area contributed by atoms with Gasteiger partial charge in [0.1, 0.15) is 11.5 Å². The highest BCUT2D eigenvalue weighted by Crippen LogP contribution is 2.35. The maximum Gasteiger partial charge on any atom is 0.119 e. The van der Waals surface area contributed by atoms with Crippen LogP contribution in [0.15, 0.2) is 24.3 Å². The summed E-state index contributed by atoms with van der Waals surface area (Å²) in [5, 5.41) is 0. The average Bonchev–Trinajstić information content (AvgIpc) is 2.92. The highest BCUT2D eigenvalue weighted by Gasteiger charge is 2.22. The Balaban J connectivity index is 1.19. The van der Waals surface area contributed by atoms with Gasteiger partial charge in [-0.05, 0) is 73.6 Å². The molecule has 2 fully saturated rings. The Hall–Kier alpha value is -1.18. The van der Waals surface area contributed by atoms with Crippen LogP contribution in [0.5, 0.6) is 11.5 Å². The lowest BCUT2D eigenvalue weighted by Crippen LogP contribution is -2.20. The Labute approximate surface area is 224 Å². The summed E-state index contributed by atoms with van der Waals surface area (Å²) in [6.45, 7) is 6.33. The van der Waals surface area contributed by atoms with Gasteiger partial charge in [-0.3, -0.25) is 0 Å². The molecule has 0 aromatic heterocycles. The summed E-state index contributed by atoms with van der Waals surface area (Å²) < 4.78 is 12.2. The zero-order valence-electron chi connectivity index (χ0n) is 24.0. The summed E-state index contributed by atoms with van der Waals surface area (Å²) >= 11 is 0. The molecule has 36 heavy (non-hydrogen) atoms. The van der Waals surface area contributed by atoms with E-state index in [2.05, 4.69) is 38.1 Å². The van der Waals surface area contributed by atoms with Crippen molar-refractivity contribution in [3.05, 3.63) is 24.3 Å². The van der Waals surface area contributed by atoms with E-state index in [0.29, 0.717) is 0 Å². The number of unbranched alkanes of at least 4 members (excludes halogenated alkanes) is 6. The third kappa shape index (κ3) is 11.9. The van der Waals surface area contributed by atoms with Crippen molar-refractivity contribution >= 4 is 0 Å². The average molecular weight is 499 g/mol. The number of hydrogen-bond donors (Lipinski definition) is 0. The molecule has 0 atom stereocenters. The van der Waals surface area contributed by atoms with Crippen LogP contribution in [-0.2, 0) is 0 Å². The molecule has 0 N–H and O–H groups in total. The van der Waals surface area contributed by atoms with Gasteiger partial charge in [0, 0.05) is 0 Å².